The van der Waals surface area contributed by atoms with E-state index in [2.05, 4.69) is 5.32 Å². The van der Waals surface area contributed by atoms with Crippen LogP contribution in [0.1, 0.15) is 26.2 Å². The Bertz CT molecular complexity index is 122. The second-order valence-corrected chi connectivity index (χ2v) is 3.92. The average Bonchev–Trinajstić information content (AvgIpc) is 2.14. The van der Waals surface area contributed by atoms with Gasteiger partial charge in [0.15, 0.2) is 0 Å². The molecule has 1 heterocycles. The van der Waals surface area contributed by atoms with Crippen molar-refractivity contribution >= 4 is 0 Å². The van der Waals surface area contributed by atoms with E-state index in [1.165, 1.54) is 12.8 Å². The van der Waals surface area contributed by atoms with E-state index in [1.54, 1.807) is 0 Å². The van der Waals surface area contributed by atoms with Crippen LogP contribution < -0.4 is 5.32 Å². The average molecular weight is 187 g/mol. The Balaban J connectivity index is 1.92. The van der Waals surface area contributed by atoms with E-state index in [1.807, 2.05) is 6.92 Å². The van der Waals surface area contributed by atoms with E-state index in [-0.39, 0.29) is 6.10 Å². The first kappa shape index (κ1) is 11.0. The first-order valence-corrected chi connectivity index (χ1v) is 5.25. The number of ether oxygens (including phenoxy) is 1. The Morgan fingerprint density at radius 2 is 2.46 bits per heavy atom. The molecule has 0 aromatic rings. The smallest absolute Gasteiger partial charge is 0.0524 e. The third-order valence-electron chi connectivity index (χ3n) is 2.43. The molecule has 2 unspecified atom stereocenters. The minimum absolute atomic E-state index is 0.185. The molecule has 3 heteroatoms. The molecule has 0 radical (unpaired) electrons. The molecular formula is C10H21NO2. The van der Waals surface area contributed by atoms with Crippen LogP contribution in [-0.4, -0.2) is 37.5 Å². The van der Waals surface area contributed by atoms with Crippen LogP contribution in [0.2, 0.25) is 0 Å². The highest BCUT2D eigenvalue weighted by Crippen LogP contribution is 2.11. The Morgan fingerprint density at radius 3 is 3.08 bits per heavy atom. The molecule has 3 nitrogen and oxygen atoms in total. The van der Waals surface area contributed by atoms with Crippen molar-refractivity contribution in [3.05, 3.63) is 0 Å². The maximum absolute atomic E-state index is 9.02. The molecule has 1 rings (SSSR count). The molecule has 0 spiro atoms. The zero-order valence-electron chi connectivity index (χ0n) is 8.46. The van der Waals surface area contributed by atoms with Gasteiger partial charge in [0.2, 0.25) is 0 Å². The molecule has 13 heavy (non-hydrogen) atoms. The molecule has 0 aromatic carbocycles. The van der Waals surface area contributed by atoms with Crippen molar-refractivity contribution in [2.45, 2.75) is 32.3 Å². The third-order valence-corrected chi connectivity index (χ3v) is 2.43. The second-order valence-electron chi connectivity index (χ2n) is 3.92. The zero-order chi connectivity index (χ0) is 9.52. The number of hydrogen-bond acceptors (Lipinski definition) is 3. The summed E-state index contributed by atoms with van der Waals surface area (Å²) in [6.07, 6.45) is 3.13. The standard InChI is InChI=1S/C10H21NO2/c1-9(12)4-5-11-7-10-3-2-6-13-8-10/h9-12H,2-8H2,1H3. The van der Waals surface area contributed by atoms with Gasteiger partial charge in [0.05, 0.1) is 12.7 Å². The summed E-state index contributed by atoms with van der Waals surface area (Å²) in [6.45, 7) is 5.61. The summed E-state index contributed by atoms with van der Waals surface area (Å²) in [5.41, 5.74) is 0. The van der Waals surface area contributed by atoms with E-state index in [0.29, 0.717) is 5.92 Å². The fourth-order valence-corrected chi connectivity index (χ4v) is 1.59. The van der Waals surface area contributed by atoms with Crippen LogP contribution in [-0.2, 0) is 4.74 Å². The summed E-state index contributed by atoms with van der Waals surface area (Å²) >= 11 is 0. The minimum atomic E-state index is -0.185. The van der Waals surface area contributed by atoms with Gasteiger partial charge in [-0.3, -0.25) is 0 Å². The van der Waals surface area contributed by atoms with Crippen molar-refractivity contribution in [1.29, 1.82) is 0 Å². The lowest BCUT2D eigenvalue weighted by Crippen LogP contribution is -2.30. The van der Waals surface area contributed by atoms with E-state index in [9.17, 15) is 0 Å². The van der Waals surface area contributed by atoms with Crippen LogP contribution in [0.15, 0.2) is 0 Å². The van der Waals surface area contributed by atoms with E-state index in [4.69, 9.17) is 9.84 Å². The van der Waals surface area contributed by atoms with Crippen molar-refractivity contribution in [1.82, 2.24) is 5.32 Å². The molecule has 1 fully saturated rings. The van der Waals surface area contributed by atoms with Crippen molar-refractivity contribution in [3.63, 3.8) is 0 Å². The van der Waals surface area contributed by atoms with Crippen LogP contribution in [0.4, 0.5) is 0 Å². The van der Waals surface area contributed by atoms with Gasteiger partial charge in [-0.05, 0) is 38.6 Å². The molecule has 1 aliphatic rings. The Hall–Kier alpha value is -0.120. The second kappa shape index (κ2) is 6.35. The molecule has 78 valence electrons. The normalized spacial score (nSPS) is 25.8. The lowest BCUT2D eigenvalue weighted by Gasteiger charge is -2.22. The van der Waals surface area contributed by atoms with Crippen LogP contribution in [0.3, 0.4) is 0 Å². The van der Waals surface area contributed by atoms with E-state index < -0.39 is 0 Å². The minimum Gasteiger partial charge on any atom is -0.393 e. The summed E-state index contributed by atoms with van der Waals surface area (Å²) < 4.78 is 5.37. The molecule has 0 aromatic heterocycles. The molecule has 2 atom stereocenters. The van der Waals surface area contributed by atoms with Gasteiger partial charge in [-0.25, -0.2) is 0 Å². The van der Waals surface area contributed by atoms with Gasteiger partial charge in [-0.15, -0.1) is 0 Å². The first-order valence-electron chi connectivity index (χ1n) is 5.25. The molecule has 0 aliphatic carbocycles. The van der Waals surface area contributed by atoms with Crippen molar-refractivity contribution < 1.29 is 9.84 Å². The molecule has 0 saturated carbocycles. The lowest BCUT2D eigenvalue weighted by atomic mass is 10.0. The van der Waals surface area contributed by atoms with Crippen LogP contribution in [0.5, 0.6) is 0 Å². The van der Waals surface area contributed by atoms with Gasteiger partial charge in [-0.1, -0.05) is 0 Å². The van der Waals surface area contributed by atoms with Gasteiger partial charge >= 0.3 is 0 Å². The summed E-state index contributed by atoms with van der Waals surface area (Å²) in [7, 11) is 0. The molecule has 0 amide bonds. The number of nitrogens with one attached hydrogen (secondary N) is 1. The number of rotatable bonds is 5. The summed E-state index contributed by atoms with van der Waals surface area (Å²) in [6, 6.07) is 0. The zero-order valence-corrected chi connectivity index (χ0v) is 8.46. The Labute approximate surface area is 80.5 Å². The fourth-order valence-electron chi connectivity index (χ4n) is 1.59. The van der Waals surface area contributed by atoms with Gasteiger partial charge in [-0.2, -0.15) is 0 Å². The highest BCUT2D eigenvalue weighted by atomic mass is 16.5. The van der Waals surface area contributed by atoms with Gasteiger partial charge < -0.3 is 15.2 Å². The summed E-state index contributed by atoms with van der Waals surface area (Å²) in [5.74, 6) is 0.683. The third kappa shape index (κ3) is 5.24. The first-order chi connectivity index (χ1) is 6.29. The van der Waals surface area contributed by atoms with E-state index >= 15 is 0 Å². The molecule has 0 bridgehead atoms. The quantitative estimate of drug-likeness (QED) is 0.625. The number of hydrogen-bond donors (Lipinski definition) is 2. The highest BCUT2D eigenvalue weighted by molar-refractivity contribution is 4.66. The largest absolute Gasteiger partial charge is 0.393 e. The topological polar surface area (TPSA) is 41.5 Å². The Morgan fingerprint density at radius 1 is 1.62 bits per heavy atom. The van der Waals surface area contributed by atoms with Crippen LogP contribution in [0, 0.1) is 5.92 Å². The number of aliphatic hydroxyl groups is 1. The number of aliphatic hydroxyl groups excluding tert-OH is 1. The predicted octanol–water partition coefficient (Wildman–Crippen LogP) is 0.773. The fraction of sp³-hybridized carbons (Fsp3) is 1.00. The van der Waals surface area contributed by atoms with Crippen molar-refractivity contribution in [2.75, 3.05) is 26.3 Å². The summed E-state index contributed by atoms with van der Waals surface area (Å²) in [4.78, 5) is 0. The Kier molecular flexibility index (Phi) is 5.35. The van der Waals surface area contributed by atoms with Crippen LogP contribution >= 0.6 is 0 Å². The lowest BCUT2D eigenvalue weighted by molar-refractivity contribution is 0.0545. The van der Waals surface area contributed by atoms with Gasteiger partial charge in [0.25, 0.3) is 0 Å². The molecule has 1 saturated heterocycles. The van der Waals surface area contributed by atoms with Crippen LogP contribution in [0.25, 0.3) is 0 Å². The maximum Gasteiger partial charge on any atom is 0.0524 e. The summed E-state index contributed by atoms with van der Waals surface area (Å²) in [5, 5.41) is 12.4. The van der Waals surface area contributed by atoms with E-state index in [0.717, 1.165) is 32.7 Å². The van der Waals surface area contributed by atoms with Crippen molar-refractivity contribution in [3.8, 4) is 0 Å². The molecule has 2 N–H and O–H groups in total. The monoisotopic (exact) mass is 187 g/mol. The van der Waals surface area contributed by atoms with Gasteiger partial charge in [0.1, 0.15) is 0 Å². The maximum atomic E-state index is 9.02. The van der Waals surface area contributed by atoms with Crippen molar-refractivity contribution in [2.24, 2.45) is 5.92 Å². The highest BCUT2D eigenvalue weighted by Gasteiger charge is 2.12. The molecular weight excluding hydrogens is 166 g/mol. The predicted molar refractivity (Wildman–Crippen MR) is 52.7 cm³/mol. The molecule has 1 aliphatic heterocycles. The SMILES string of the molecule is CC(O)CCNCC1CCCOC1. The van der Waals surface area contributed by atoms with Gasteiger partial charge in [0, 0.05) is 13.2 Å².